The molecule has 102 valence electrons. The third-order valence-corrected chi connectivity index (χ3v) is 3.11. The van der Waals surface area contributed by atoms with Gasteiger partial charge in [0.25, 0.3) is 0 Å². The van der Waals surface area contributed by atoms with Crippen molar-refractivity contribution in [3.63, 3.8) is 0 Å². The summed E-state index contributed by atoms with van der Waals surface area (Å²) in [6, 6.07) is 7.69. The summed E-state index contributed by atoms with van der Waals surface area (Å²) >= 11 is 0. The number of allylic oxidation sites excluding steroid dienone is 2. The Morgan fingerprint density at radius 3 is 2.53 bits per heavy atom. The first kappa shape index (κ1) is 15.4. The Bertz CT molecular complexity index is 430. The van der Waals surface area contributed by atoms with Gasteiger partial charge in [-0.1, -0.05) is 24.5 Å². The summed E-state index contributed by atoms with van der Waals surface area (Å²) in [5.41, 5.74) is 2.29. The first-order valence-electron chi connectivity index (χ1n) is 6.94. The van der Waals surface area contributed by atoms with E-state index in [-0.39, 0.29) is 0 Å². The molecule has 0 spiro atoms. The average Bonchev–Trinajstić information content (AvgIpc) is 2.39. The topological polar surface area (TPSA) is 9.23 Å². The Hall–Kier alpha value is -1.68. The molecule has 1 atom stereocenters. The Morgan fingerprint density at radius 1 is 1.26 bits per heavy atom. The van der Waals surface area contributed by atoms with Gasteiger partial charge in [0.2, 0.25) is 0 Å². The number of ether oxygens (including phenoxy) is 1. The van der Waals surface area contributed by atoms with E-state index in [0.717, 1.165) is 24.3 Å². The molecule has 0 N–H and O–H groups in total. The molecule has 1 rings (SSSR count). The lowest BCUT2D eigenvalue weighted by molar-refractivity contribution is 0.279. The fraction of sp³-hybridized carbons (Fsp3) is 0.444. The highest BCUT2D eigenvalue weighted by atomic mass is 16.5. The van der Waals surface area contributed by atoms with Gasteiger partial charge < -0.3 is 4.74 Å². The van der Waals surface area contributed by atoms with Crippen LogP contribution in [0.4, 0.5) is 0 Å². The molecule has 1 aromatic carbocycles. The van der Waals surface area contributed by atoms with E-state index in [1.807, 2.05) is 24.3 Å². The zero-order chi connectivity index (χ0) is 14.1. The minimum Gasteiger partial charge on any atom is -0.494 e. The highest BCUT2D eigenvalue weighted by Crippen LogP contribution is 2.15. The Kier molecular flexibility index (Phi) is 6.82. The van der Waals surface area contributed by atoms with Crippen molar-refractivity contribution in [3.8, 4) is 18.1 Å². The molecule has 0 heterocycles. The molecule has 0 amide bonds. The van der Waals surface area contributed by atoms with E-state index in [2.05, 4.69) is 32.8 Å². The molecular formula is C18H24O. The van der Waals surface area contributed by atoms with Crippen LogP contribution in [-0.4, -0.2) is 6.61 Å². The monoisotopic (exact) mass is 256 g/mol. The maximum absolute atomic E-state index is 5.72. The van der Waals surface area contributed by atoms with Gasteiger partial charge in [0, 0.05) is 5.56 Å². The van der Waals surface area contributed by atoms with Crippen LogP contribution < -0.4 is 4.74 Å². The highest BCUT2D eigenvalue weighted by Gasteiger charge is 2.02. The van der Waals surface area contributed by atoms with Crippen molar-refractivity contribution in [1.82, 2.24) is 0 Å². The summed E-state index contributed by atoms with van der Waals surface area (Å²) in [7, 11) is 0. The number of hydrogen-bond acceptors (Lipinski definition) is 1. The number of terminal acetylenes is 1. The van der Waals surface area contributed by atoms with Crippen molar-refractivity contribution in [3.05, 3.63) is 41.5 Å². The van der Waals surface area contributed by atoms with Crippen LogP contribution in [0.2, 0.25) is 0 Å². The normalized spacial score (nSPS) is 11.5. The molecule has 1 heteroatoms. The number of rotatable bonds is 7. The maximum atomic E-state index is 5.72. The lowest BCUT2D eigenvalue weighted by Gasteiger charge is -2.11. The smallest absolute Gasteiger partial charge is 0.119 e. The van der Waals surface area contributed by atoms with Crippen LogP contribution in [0.5, 0.6) is 5.75 Å². The van der Waals surface area contributed by atoms with Gasteiger partial charge >= 0.3 is 0 Å². The largest absolute Gasteiger partial charge is 0.494 e. The minimum absolute atomic E-state index is 0.695. The second kappa shape index (κ2) is 8.43. The zero-order valence-electron chi connectivity index (χ0n) is 12.3. The molecule has 0 aromatic heterocycles. The quantitative estimate of drug-likeness (QED) is 0.502. The van der Waals surface area contributed by atoms with Gasteiger partial charge in [-0.2, -0.15) is 0 Å². The van der Waals surface area contributed by atoms with Gasteiger partial charge in [0.1, 0.15) is 5.75 Å². The van der Waals surface area contributed by atoms with Crippen molar-refractivity contribution < 1.29 is 4.74 Å². The summed E-state index contributed by atoms with van der Waals surface area (Å²) in [6.07, 6.45) is 11.1. The van der Waals surface area contributed by atoms with Gasteiger partial charge in [0.05, 0.1) is 6.61 Å². The van der Waals surface area contributed by atoms with Crippen LogP contribution in [-0.2, 0) is 0 Å². The summed E-state index contributed by atoms with van der Waals surface area (Å²) < 4.78 is 5.72. The van der Waals surface area contributed by atoms with Crippen molar-refractivity contribution in [2.45, 2.75) is 40.0 Å². The molecule has 0 fully saturated rings. The number of hydrogen-bond donors (Lipinski definition) is 0. The molecule has 0 aliphatic carbocycles. The third-order valence-electron chi connectivity index (χ3n) is 3.11. The Labute approximate surface area is 117 Å². The predicted octanol–water partition coefficient (Wildman–Crippen LogP) is 4.82. The lowest BCUT2D eigenvalue weighted by Crippen LogP contribution is -2.04. The molecular weight excluding hydrogens is 232 g/mol. The van der Waals surface area contributed by atoms with Crippen molar-refractivity contribution in [2.75, 3.05) is 6.61 Å². The van der Waals surface area contributed by atoms with Crippen LogP contribution >= 0.6 is 0 Å². The Balaban J connectivity index is 2.22. The maximum Gasteiger partial charge on any atom is 0.119 e. The van der Waals surface area contributed by atoms with E-state index in [4.69, 9.17) is 11.2 Å². The molecule has 0 saturated heterocycles. The summed E-state index contributed by atoms with van der Waals surface area (Å²) in [6.45, 7) is 7.34. The van der Waals surface area contributed by atoms with Crippen molar-refractivity contribution in [1.29, 1.82) is 0 Å². The van der Waals surface area contributed by atoms with Crippen LogP contribution in [0, 0.1) is 18.3 Å². The Morgan fingerprint density at radius 2 is 1.95 bits per heavy atom. The molecule has 0 aliphatic heterocycles. The molecule has 0 saturated carbocycles. The van der Waals surface area contributed by atoms with Crippen LogP contribution in [0.15, 0.2) is 35.9 Å². The van der Waals surface area contributed by atoms with Crippen LogP contribution in [0.1, 0.15) is 45.6 Å². The van der Waals surface area contributed by atoms with E-state index in [9.17, 15) is 0 Å². The summed E-state index contributed by atoms with van der Waals surface area (Å²) in [5.74, 6) is 4.19. The molecule has 0 aliphatic rings. The third kappa shape index (κ3) is 6.72. The van der Waals surface area contributed by atoms with Gasteiger partial charge in [-0.15, -0.1) is 6.42 Å². The molecule has 19 heavy (non-hydrogen) atoms. The lowest BCUT2D eigenvalue weighted by atomic mass is 10.0. The second-order valence-corrected chi connectivity index (χ2v) is 5.27. The van der Waals surface area contributed by atoms with E-state index >= 15 is 0 Å². The second-order valence-electron chi connectivity index (χ2n) is 5.27. The summed E-state index contributed by atoms with van der Waals surface area (Å²) in [5, 5.41) is 0. The standard InChI is InChI=1S/C18H24O/c1-5-17-9-11-18(12-10-17)19-14-13-16(4)8-6-7-15(2)3/h1,7,9-12,16H,6,8,13-14H2,2-4H3/t16-/m0/s1. The molecule has 0 radical (unpaired) electrons. The van der Waals surface area contributed by atoms with E-state index in [1.54, 1.807) is 0 Å². The molecule has 1 nitrogen and oxygen atoms in total. The van der Waals surface area contributed by atoms with Gasteiger partial charge in [0.15, 0.2) is 0 Å². The molecule has 0 unspecified atom stereocenters. The zero-order valence-corrected chi connectivity index (χ0v) is 12.3. The SMILES string of the molecule is C#Cc1ccc(OCC[C@@H](C)CCC=C(C)C)cc1. The van der Waals surface area contributed by atoms with Crippen molar-refractivity contribution >= 4 is 0 Å². The van der Waals surface area contributed by atoms with Crippen molar-refractivity contribution in [2.24, 2.45) is 5.92 Å². The first-order valence-corrected chi connectivity index (χ1v) is 6.94. The van der Waals surface area contributed by atoms with E-state index in [1.165, 1.54) is 18.4 Å². The average molecular weight is 256 g/mol. The van der Waals surface area contributed by atoms with E-state index < -0.39 is 0 Å². The van der Waals surface area contributed by atoms with Crippen LogP contribution in [0.25, 0.3) is 0 Å². The van der Waals surface area contributed by atoms with E-state index in [0.29, 0.717) is 5.92 Å². The van der Waals surface area contributed by atoms with Crippen LogP contribution in [0.3, 0.4) is 0 Å². The first-order chi connectivity index (χ1) is 9.11. The minimum atomic E-state index is 0.695. The predicted molar refractivity (Wildman–Crippen MR) is 82.3 cm³/mol. The van der Waals surface area contributed by atoms with Gasteiger partial charge in [-0.05, 0) is 63.3 Å². The number of benzene rings is 1. The molecule has 1 aromatic rings. The fourth-order valence-electron chi connectivity index (χ4n) is 1.83. The van der Waals surface area contributed by atoms with Gasteiger partial charge in [-0.25, -0.2) is 0 Å². The fourth-order valence-corrected chi connectivity index (χ4v) is 1.83. The molecule has 0 bridgehead atoms. The summed E-state index contributed by atoms with van der Waals surface area (Å²) in [4.78, 5) is 0. The highest BCUT2D eigenvalue weighted by molar-refractivity contribution is 5.36. The van der Waals surface area contributed by atoms with Gasteiger partial charge in [-0.3, -0.25) is 0 Å².